The molecule has 0 radical (unpaired) electrons. The van der Waals surface area contributed by atoms with Gasteiger partial charge in [0.05, 0.1) is 24.1 Å². The predicted octanol–water partition coefficient (Wildman–Crippen LogP) is 4.81. The van der Waals surface area contributed by atoms with Crippen LogP contribution in [0.25, 0.3) is 0 Å². The van der Waals surface area contributed by atoms with Crippen LogP contribution in [0.1, 0.15) is 22.8 Å². The van der Waals surface area contributed by atoms with E-state index in [0.717, 1.165) is 22.7 Å². The van der Waals surface area contributed by atoms with Gasteiger partial charge in [0.2, 0.25) is 0 Å². The molecule has 0 saturated carbocycles. The quantitative estimate of drug-likeness (QED) is 0.616. The number of amides is 1. The Morgan fingerprint density at radius 1 is 1.07 bits per heavy atom. The summed E-state index contributed by atoms with van der Waals surface area (Å²) in [6, 6.07) is 16.8. The minimum Gasteiger partial charge on any atom is -0.494 e. The van der Waals surface area contributed by atoms with E-state index in [-0.39, 0.29) is 5.91 Å². The van der Waals surface area contributed by atoms with E-state index in [2.05, 4.69) is 15.6 Å². The molecule has 6 heteroatoms. The maximum absolute atomic E-state index is 12.4. The number of carbonyl (C=O) groups excluding carboxylic acids is 1. The molecular formula is C21H20ClN3O2. The number of halogens is 1. The molecular weight excluding hydrogens is 362 g/mol. The Labute approximate surface area is 163 Å². The number of nitrogens with one attached hydrogen (secondary N) is 2. The number of hydrogen-bond donors (Lipinski definition) is 2. The molecule has 0 bridgehead atoms. The topological polar surface area (TPSA) is 63.2 Å². The van der Waals surface area contributed by atoms with Crippen molar-refractivity contribution < 1.29 is 9.53 Å². The van der Waals surface area contributed by atoms with Gasteiger partial charge in [-0.2, -0.15) is 0 Å². The number of nitrogens with zero attached hydrogens (tertiary/aromatic N) is 1. The van der Waals surface area contributed by atoms with Crippen LogP contribution in [0, 0.1) is 0 Å². The van der Waals surface area contributed by atoms with Gasteiger partial charge in [0.25, 0.3) is 5.91 Å². The molecule has 3 aromatic rings. The van der Waals surface area contributed by atoms with Crippen LogP contribution in [-0.2, 0) is 6.54 Å². The second-order valence-corrected chi connectivity index (χ2v) is 6.23. The van der Waals surface area contributed by atoms with Gasteiger partial charge >= 0.3 is 0 Å². The zero-order valence-corrected chi connectivity index (χ0v) is 15.7. The van der Waals surface area contributed by atoms with Gasteiger partial charge in [0.1, 0.15) is 5.75 Å². The van der Waals surface area contributed by atoms with E-state index in [1.54, 1.807) is 18.3 Å². The number of benzene rings is 2. The normalized spacial score (nSPS) is 10.3. The third-order valence-electron chi connectivity index (χ3n) is 3.85. The number of rotatable bonds is 7. The molecule has 2 N–H and O–H groups in total. The summed E-state index contributed by atoms with van der Waals surface area (Å²) in [5.41, 5.74) is 2.94. The molecule has 2 aromatic carbocycles. The highest BCUT2D eigenvalue weighted by molar-refractivity contribution is 6.31. The molecule has 0 aliphatic carbocycles. The average molecular weight is 382 g/mol. The second-order valence-electron chi connectivity index (χ2n) is 5.82. The van der Waals surface area contributed by atoms with Crippen LogP contribution in [0.4, 0.5) is 11.4 Å². The maximum atomic E-state index is 12.4. The Morgan fingerprint density at radius 2 is 1.85 bits per heavy atom. The van der Waals surface area contributed by atoms with E-state index in [0.29, 0.717) is 23.7 Å². The first kappa shape index (κ1) is 18.7. The van der Waals surface area contributed by atoms with E-state index in [4.69, 9.17) is 16.3 Å². The minimum atomic E-state index is -0.210. The number of hydrogen-bond acceptors (Lipinski definition) is 4. The third kappa shape index (κ3) is 5.21. The highest BCUT2D eigenvalue weighted by Gasteiger charge is 2.08. The van der Waals surface area contributed by atoms with Gasteiger partial charge in [-0.1, -0.05) is 29.8 Å². The Balaban J connectivity index is 1.64. The fourth-order valence-electron chi connectivity index (χ4n) is 2.52. The van der Waals surface area contributed by atoms with Crippen LogP contribution >= 0.6 is 11.6 Å². The lowest BCUT2D eigenvalue weighted by Gasteiger charge is -2.10. The van der Waals surface area contributed by atoms with Crippen LogP contribution in [0.15, 0.2) is 67.0 Å². The van der Waals surface area contributed by atoms with Crippen molar-refractivity contribution in [2.75, 3.05) is 11.9 Å². The highest BCUT2D eigenvalue weighted by Crippen LogP contribution is 2.20. The summed E-state index contributed by atoms with van der Waals surface area (Å²) in [6.07, 6.45) is 3.20. The molecule has 0 aliphatic heterocycles. The monoisotopic (exact) mass is 381 g/mol. The van der Waals surface area contributed by atoms with Gasteiger partial charge in [-0.25, -0.2) is 0 Å². The lowest BCUT2D eigenvalue weighted by molar-refractivity contribution is 0.0950. The lowest BCUT2D eigenvalue weighted by Crippen LogP contribution is -2.23. The van der Waals surface area contributed by atoms with Crippen molar-refractivity contribution in [3.8, 4) is 5.75 Å². The smallest absolute Gasteiger partial charge is 0.253 e. The lowest BCUT2D eigenvalue weighted by atomic mass is 10.2. The van der Waals surface area contributed by atoms with Crippen molar-refractivity contribution in [1.82, 2.24) is 10.3 Å². The molecule has 27 heavy (non-hydrogen) atoms. The first-order valence-corrected chi connectivity index (χ1v) is 9.00. The Morgan fingerprint density at radius 3 is 2.59 bits per heavy atom. The Bertz CT molecular complexity index is 913. The minimum absolute atomic E-state index is 0.210. The molecule has 1 heterocycles. The number of aromatic nitrogens is 1. The summed E-state index contributed by atoms with van der Waals surface area (Å²) in [5.74, 6) is 0.603. The predicted molar refractivity (Wildman–Crippen MR) is 108 cm³/mol. The first-order valence-electron chi connectivity index (χ1n) is 8.62. The molecule has 138 valence electrons. The SMILES string of the molecule is CCOc1ccc(Nc2cncc(C(=O)NCc3ccccc3Cl)c2)cc1. The fourth-order valence-corrected chi connectivity index (χ4v) is 2.72. The van der Waals surface area contributed by atoms with Crippen LogP contribution in [0.2, 0.25) is 5.02 Å². The van der Waals surface area contributed by atoms with Crippen molar-refractivity contribution in [3.05, 3.63) is 83.1 Å². The molecule has 0 unspecified atom stereocenters. The highest BCUT2D eigenvalue weighted by atomic mass is 35.5. The summed E-state index contributed by atoms with van der Waals surface area (Å²) in [6.45, 7) is 2.93. The van der Waals surface area contributed by atoms with Gasteiger partial charge in [-0.3, -0.25) is 9.78 Å². The van der Waals surface area contributed by atoms with Crippen LogP contribution in [0.5, 0.6) is 5.75 Å². The molecule has 3 rings (SSSR count). The van der Waals surface area contributed by atoms with Crippen LogP contribution in [0.3, 0.4) is 0 Å². The molecule has 5 nitrogen and oxygen atoms in total. The van der Waals surface area contributed by atoms with Gasteiger partial charge < -0.3 is 15.4 Å². The number of anilines is 2. The van der Waals surface area contributed by atoms with E-state index < -0.39 is 0 Å². The fraction of sp³-hybridized carbons (Fsp3) is 0.143. The molecule has 0 saturated heterocycles. The van der Waals surface area contributed by atoms with Crippen molar-refractivity contribution >= 4 is 28.9 Å². The second kappa shape index (κ2) is 9.05. The van der Waals surface area contributed by atoms with Crippen molar-refractivity contribution in [2.24, 2.45) is 0 Å². The van der Waals surface area contributed by atoms with E-state index in [1.165, 1.54) is 6.20 Å². The van der Waals surface area contributed by atoms with Crippen molar-refractivity contribution in [1.29, 1.82) is 0 Å². The van der Waals surface area contributed by atoms with Gasteiger partial charge in [0.15, 0.2) is 0 Å². The zero-order chi connectivity index (χ0) is 19.1. The molecule has 0 spiro atoms. The third-order valence-corrected chi connectivity index (χ3v) is 4.22. The molecule has 1 amide bonds. The van der Waals surface area contributed by atoms with Crippen molar-refractivity contribution in [2.45, 2.75) is 13.5 Å². The Kier molecular flexibility index (Phi) is 6.28. The van der Waals surface area contributed by atoms with Gasteiger partial charge in [-0.05, 0) is 48.9 Å². The average Bonchev–Trinajstić information content (AvgIpc) is 2.69. The summed E-state index contributed by atoms with van der Waals surface area (Å²) in [4.78, 5) is 16.6. The number of carbonyl (C=O) groups is 1. The Hall–Kier alpha value is -3.05. The van der Waals surface area contributed by atoms with Crippen LogP contribution < -0.4 is 15.4 Å². The molecule has 0 atom stereocenters. The largest absolute Gasteiger partial charge is 0.494 e. The van der Waals surface area contributed by atoms with E-state index in [9.17, 15) is 4.79 Å². The standard InChI is InChI=1S/C21H20ClN3O2/c1-2-27-19-9-7-17(8-10-19)25-18-11-16(12-23-14-18)21(26)24-13-15-5-3-4-6-20(15)22/h3-12,14,25H,2,13H2,1H3,(H,24,26). The van der Waals surface area contributed by atoms with Crippen molar-refractivity contribution in [3.63, 3.8) is 0 Å². The maximum Gasteiger partial charge on any atom is 0.253 e. The van der Waals surface area contributed by atoms with E-state index in [1.807, 2.05) is 49.4 Å². The summed E-state index contributed by atoms with van der Waals surface area (Å²) in [5, 5.41) is 6.72. The summed E-state index contributed by atoms with van der Waals surface area (Å²) in [7, 11) is 0. The molecule has 0 fully saturated rings. The number of ether oxygens (including phenoxy) is 1. The van der Waals surface area contributed by atoms with Gasteiger partial charge in [0, 0.05) is 23.5 Å². The molecule has 1 aromatic heterocycles. The zero-order valence-electron chi connectivity index (χ0n) is 14.9. The van der Waals surface area contributed by atoms with E-state index >= 15 is 0 Å². The first-order chi connectivity index (χ1) is 13.2. The molecule has 0 aliphatic rings. The number of pyridine rings is 1. The summed E-state index contributed by atoms with van der Waals surface area (Å²) < 4.78 is 5.43. The van der Waals surface area contributed by atoms with Crippen LogP contribution in [-0.4, -0.2) is 17.5 Å². The summed E-state index contributed by atoms with van der Waals surface area (Å²) >= 11 is 6.12. The van der Waals surface area contributed by atoms with Gasteiger partial charge in [-0.15, -0.1) is 0 Å².